The molecule has 0 bridgehead atoms. The van der Waals surface area contributed by atoms with Crippen molar-refractivity contribution in [2.24, 2.45) is 12.1 Å². The smallest absolute Gasteiger partial charge is 0.293 e. The number of halogens is 2. The average Bonchev–Trinajstić information content (AvgIpc) is 2.85. The molecule has 1 aromatic carbocycles. The zero-order valence-corrected chi connectivity index (χ0v) is 15.8. The van der Waals surface area contributed by atoms with Gasteiger partial charge in [0.1, 0.15) is 0 Å². The Labute approximate surface area is 149 Å². The van der Waals surface area contributed by atoms with Crippen LogP contribution in [0.3, 0.4) is 0 Å². The number of ether oxygens (including phenoxy) is 2. The molecule has 0 aliphatic carbocycles. The lowest BCUT2D eigenvalue weighted by atomic mass is 10.2. The van der Waals surface area contributed by atoms with Gasteiger partial charge in [-0.2, -0.15) is 10.2 Å². The number of rotatable bonds is 5. The van der Waals surface area contributed by atoms with Crippen molar-refractivity contribution < 1.29 is 14.3 Å². The largest absolute Gasteiger partial charge is 0.493 e. The third kappa shape index (κ3) is 4.11. The lowest BCUT2D eigenvalue weighted by Gasteiger charge is -2.10. The fourth-order valence-electron chi connectivity index (χ4n) is 1.84. The fourth-order valence-corrected chi connectivity index (χ4v) is 3.02. The minimum Gasteiger partial charge on any atom is -0.493 e. The van der Waals surface area contributed by atoms with Crippen LogP contribution in [-0.2, 0) is 7.05 Å². The van der Waals surface area contributed by atoms with E-state index in [-0.39, 0.29) is 5.69 Å². The normalized spacial score (nSPS) is 10.8. The number of amides is 1. The van der Waals surface area contributed by atoms with Crippen molar-refractivity contribution in [3.63, 3.8) is 0 Å². The minimum absolute atomic E-state index is 0.262. The number of carbonyl (C=O) groups is 1. The molecule has 0 spiro atoms. The van der Waals surface area contributed by atoms with E-state index in [4.69, 9.17) is 9.47 Å². The van der Waals surface area contributed by atoms with E-state index in [9.17, 15) is 4.79 Å². The fraction of sp³-hybridized carbons (Fsp3) is 0.214. The van der Waals surface area contributed by atoms with Crippen molar-refractivity contribution in [1.29, 1.82) is 0 Å². The lowest BCUT2D eigenvalue weighted by Crippen LogP contribution is -2.19. The summed E-state index contributed by atoms with van der Waals surface area (Å²) in [5.41, 5.74) is 3.42. The van der Waals surface area contributed by atoms with Crippen molar-refractivity contribution in [3.8, 4) is 11.5 Å². The van der Waals surface area contributed by atoms with E-state index in [0.29, 0.717) is 16.0 Å². The standard InChI is InChI=1S/C14H14Br2N4O3/c1-20-7-10(16)12(19-20)14(21)18-17-6-8-4-9(15)13(23-3)11(5-8)22-2/h4-7H,1-3H3,(H,18,21). The van der Waals surface area contributed by atoms with Crippen LogP contribution < -0.4 is 14.9 Å². The van der Waals surface area contributed by atoms with Crippen molar-refractivity contribution in [3.05, 3.63) is 38.5 Å². The number of nitrogens with zero attached hydrogens (tertiary/aromatic N) is 3. The number of hydrogen-bond donors (Lipinski definition) is 1. The van der Waals surface area contributed by atoms with Gasteiger partial charge in [0.15, 0.2) is 17.2 Å². The van der Waals surface area contributed by atoms with Gasteiger partial charge in [0.25, 0.3) is 5.91 Å². The molecule has 0 fully saturated rings. The summed E-state index contributed by atoms with van der Waals surface area (Å²) in [6, 6.07) is 3.55. The Hall–Kier alpha value is -1.87. The summed E-state index contributed by atoms with van der Waals surface area (Å²) in [5, 5.41) is 7.97. The highest BCUT2D eigenvalue weighted by Crippen LogP contribution is 2.35. The van der Waals surface area contributed by atoms with Gasteiger partial charge < -0.3 is 9.47 Å². The number of aromatic nitrogens is 2. The van der Waals surface area contributed by atoms with Crippen LogP contribution in [0.4, 0.5) is 0 Å². The van der Waals surface area contributed by atoms with Crippen LogP contribution in [0.2, 0.25) is 0 Å². The second-order valence-electron chi connectivity index (χ2n) is 4.44. The SMILES string of the molecule is COc1cc(C=NNC(=O)c2nn(C)cc2Br)cc(Br)c1OC. The molecule has 0 aliphatic heterocycles. The first-order chi connectivity index (χ1) is 11.0. The van der Waals surface area contributed by atoms with Crippen molar-refractivity contribution in [2.45, 2.75) is 0 Å². The number of nitrogens with one attached hydrogen (secondary N) is 1. The van der Waals surface area contributed by atoms with Gasteiger partial charge in [0.05, 0.1) is 29.4 Å². The van der Waals surface area contributed by atoms with E-state index in [1.54, 1.807) is 39.6 Å². The monoisotopic (exact) mass is 444 g/mol. The molecular weight excluding hydrogens is 432 g/mol. The zero-order valence-electron chi connectivity index (χ0n) is 12.6. The third-order valence-corrected chi connectivity index (χ3v) is 4.00. The summed E-state index contributed by atoms with van der Waals surface area (Å²) in [4.78, 5) is 12.0. The first kappa shape index (κ1) is 17.5. The molecule has 0 aliphatic rings. The van der Waals surface area contributed by atoms with Gasteiger partial charge in [-0.1, -0.05) is 0 Å². The number of methoxy groups -OCH3 is 2. The van der Waals surface area contributed by atoms with Crippen LogP contribution in [0, 0.1) is 0 Å². The van der Waals surface area contributed by atoms with E-state index < -0.39 is 5.91 Å². The Bertz CT molecular complexity index is 759. The van der Waals surface area contributed by atoms with E-state index in [1.165, 1.54) is 10.9 Å². The third-order valence-electron chi connectivity index (χ3n) is 2.83. The molecular formula is C14H14Br2N4O3. The van der Waals surface area contributed by atoms with Crippen LogP contribution in [0.25, 0.3) is 0 Å². The highest BCUT2D eigenvalue weighted by Gasteiger charge is 2.13. The molecule has 0 saturated carbocycles. The first-order valence-corrected chi connectivity index (χ1v) is 7.99. The molecule has 1 aromatic heterocycles. The molecule has 1 heterocycles. The van der Waals surface area contributed by atoms with E-state index in [0.717, 1.165) is 10.0 Å². The average molecular weight is 446 g/mol. The molecule has 1 amide bonds. The summed E-state index contributed by atoms with van der Waals surface area (Å²) in [7, 11) is 4.83. The van der Waals surface area contributed by atoms with Gasteiger partial charge in [-0.3, -0.25) is 9.48 Å². The van der Waals surface area contributed by atoms with Gasteiger partial charge in [-0.25, -0.2) is 5.43 Å². The maximum atomic E-state index is 12.0. The Morgan fingerprint density at radius 2 is 2.04 bits per heavy atom. The minimum atomic E-state index is -0.409. The highest BCUT2D eigenvalue weighted by atomic mass is 79.9. The Morgan fingerprint density at radius 1 is 1.30 bits per heavy atom. The van der Waals surface area contributed by atoms with Crippen LogP contribution in [0.5, 0.6) is 11.5 Å². The number of benzene rings is 1. The molecule has 9 heteroatoms. The molecule has 2 aromatic rings. The van der Waals surface area contributed by atoms with Gasteiger partial charge in [0.2, 0.25) is 0 Å². The van der Waals surface area contributed by atoms with Gasteiger partial charge in [-0.15, -0.1) is 0 Å². The lowest BCUT2D eigenvalue weighted by molar-refractivity contribution is 0.0948. The number of hydrogen-bond acceptors (Lipinski definition) is 5. The molecule has 0 radical (unpaired) electrons. The molecule has 0 atom stereocenters. The Kier molecular flexibility index (Phi) is 5.78. The second-order valence-corrected chi connectivity index (χ2v) is 6.15. The summed E-state index contributed by atoms with van der Waals surface area (Å²) in [6.45, 7) is 0. The summed E-state index contributed by atoms with van der Waals surface area (Å²) in [6.07, 6.45) is 3.19. The maximum absolute atomic E-state index is 12.0. The molecule has 2 rings (SSSR count). The van der Waals surface area contributed by atoms with E-state index in [1.807, 2.05) is 0 Å². The Balaban J connectivity index is 2.13. The van der Waals surface area contributed by atoms with Crippen LogP contribution in [-0.4, -0.2) is 36.1 Å². The molecule has 7 nitrogen and oxygen atoms in total. The van der Waals surface area contributed by atoms with Crippen molar-refractivity contribution >= 4 is 44.0 Å². The maximum Gasteiger partial charge on any atom is 0.293 e. The van der Waals surface area contributed by atoms with Crippen LogP contribution in [0.15, 0.2) is 32.4 Å². The van der Waals surface area contributed by atoms with E-state index in [2.05, 4.69) is 47.5 Å². The summed E-state index contributed by atoms with van der Waals surface area (Å²) >= 11 is 6.66. The molecule has 0 unspecified atom stereocenters. The van der Waals surface area contributed by atoms with Crippen molar-refractivity contribution in [1.82, 2.24) is 15.2 Å². The molecule has 1 N–H and O–H groups in total. The predicted molar refractivity (Wildman–Crippen MR) is 93.2 cm³/mol. The number of carbonyl (C=O) groups excluding carboxylic acids is 1. The molecule has 23 heavy (non-hydrogen) atoms. The van der Waals surface area contributed by atoms with Gasteiger partial charge in [-0.05, 0) is 49.6 Å². The topological polar surface area (TPSA) is 77.7 Å². The van der Waals surface area contributed by atoms with Crippen molar-refractivity contribution in [2.75, 3.05) is 14.2 Å². The van der Waals surface area contributed by atoms with E-state index >= 15 is 0 Å². The summed E-state index contributed by atoms with van der Waals surface area (Å²) < 4.78 is 13.3. The predicted octanol–water partition coefficient (Wildman–Crippen LogP) is 2.73. The van der Waals surface area contributed by atoms with Crippen LogP contribution >= 0.6 is 31.9 Å². The van der Waals surface area contributed by atoms with Gasteiger partial charge >= 0.3 is 0 Å². The Morgan fingerprint density at radius 3 is 2.61 bits per heavy atom. The van der Waals surface area contributed by atoms with Gasteiger partial charge in [0, 0.05) is 13.2 Å². The highest BCUT2D eigenvalue weighted by molar-refractivity contribution is 9.10. The second kappa shape index (κ2) is 7.60. The summed E-state index contributed by atoms with van der Waals surface area (Å²) in [5.74, 6) is 0.737. The number of aryl methyl sites for hydroxylation is 1. The molecule has 0 saturated heterocycles. The molecule has 122 valence electrons. The zero-order chi connectivity index (χ0) is 17.0. The quantitative estimate of drug-likeness (QED) is 0.567. The first-order valence-electron chi connectivity index (χ1n) is 6.40. The van der Waals surface area contributed by atoms with Crippen LogP contribution in [0.1, 0.15) is 16.1 Å². The number of hydrazone groups is 1.